The smallest absolute Gasteiger partial charge is 0.263 e. The number of rotatable bonds is 5. The predicted molar refractivity (Wildman–Crippen MR) is 117 cm³/mol. The van der Waals surface area contributed by atoms with Crippen molar-refractivity contribution in [2.75, 3.05) is 5.32 Å². The summed E-state index contributed by atoms with van der Waals surface area (Å²) in [6.45, 7) is 3.72. The number of fused-ring (bicyclic) bond motifs is 1. The number of nitrogens with one attached hydrogen (secondary N) is 2. The molecule has 31 heavy (non-hydrogen) atoms. The fourth-order valence-electron chi connectivity index (χ4n) is 3.38. The summed E-state index contributed by atoms with van der Waals surface area (Å²) in [6.07, 6.45) is 1.60. The van der Waals surface area contributed by atoms with Crippen LogP contribution in [-0.4, -0.2) is 41.0 Å². The maximum Gasteiger partial charge on any atom is 0.263 e. The number of carbonyl (C=O) groups excluding carboxylic acids is 1. The summed E-state index contributed by atoms with van der Waals surface area (Å²) in [5.41, 5.74) is 1.86. The van der Waals surface area contributed by atoms with E-state index in [-0.39, 0.29) is 22.6 Å². The summed E-state index contributed by atoms with van der Waals surface area (Å²) >= 11 is 0. The molecule has 9 nitrogen and oxygen atoms in total. The number of aromatic nitrogens is 3. The minimum absolute atomic E-state index is 0.160. The van der Waals surface area contributed by atoms with Crippen molar-refractivity contribution >= 4 is 27.5 Å². The standard InChI is InChI=1S/C21H22N6O3S/c1-13(2)18(24-19-16-9-4-5-10-17(16)31(29,30)26-19)21(28)23-15-8-6-7-14(11-15)20-25-22-12-27(20)3/h4-13,18H,1-3H3,(H,23,28)(H,24,26)/t18-/m0/s1. The lowest BCUT2D eigenvalue weighted by molar-refractivity contribution is -0.118. The van der Waals surface area contributed by atoms with Gasteiger partial charge in [0.1, 0.15) is 18.2 Å². The molecule has 1 atom stereocenters. The first kappa shape index (κ1) is 20.7. The molecular formula is C21H22N6O3S. The number of benzene rings is 2. The Morgan fingerprint density at radius 1 is 1.16 bits per heavy atom. The van der Waals surface area contributed by atoms with Crippen molar-refractivity contribution in [2.24, 2.45) is 18.0 Å². The Kier molecular flexibility index (Phi) is 5.32. The lowest BCUT2D eigenvalue weighted by Gasteiger charge is -2.17. The van der Waals surface area contributed by atoms with E-state index in [1.807, 2.05) is 33.0 Å². The molecule has 1 aliphatic rings. The minimum Gasteiger partial charge on any atom is -0.324 e. The Balaban J connectivity index is 1.62. The number of hydrogen-bond donors (Lipinski definition) is 2. The van der Waals surface area contributed by atoms with Gasteiger partial charge < -0.3 is 9.88 Å². The second-order valence-corrected chi connectivity index (χ2v) is 9.25. The van der Waals surface area contributed by atoms with Crippen molar-refractivity contribution in [2.45, 2.75) is 24.8 Å². The second kappa shape index (κ2) is 7.95. The van der Waals surface area contributed by atoms with Crippen molar-refractivity contribution in [3.05, 3.63) is 60.4 Å². The van der Waals surface area contributed by atoms with Gasteiger partial charge in [0.2, 0.25) is 5.91 Å². The van der Waals surface area contributed by atoms with Crippen LogP contribution in [0.25, 0.3) is 11.4 Å². The van der Waals surface area contributed by atoms with Crippen molar-refractivity contribution in [1.29, 1.82) is 0 Å². The molecule has 0 unspecified atom stereocenters. The predicted octanol–water partition coefficient (Wildman–Crippen LogP) is 2.18. The van der Waals surface area contributed by atoms with Gasteiger partial charge in [-0.05, 0) is 30.2 Å². The summed E-state index contributed by atoms with van der Waals surface area (Å²) in [7, 11) is -1.83. The minimum atomic E-state index is -3.67. The lowest BCUT2D eigenvalue weighted by atomic mass is 10.0. The van der Waals surface area contributed by atoms with Gasteiger partial charge in [-0.15, -0.1) is 10.2 Å². The molecule has 1 aromatic heterocycles. The summed E-state index contributed by atoms with van der Waals surface area (Å²) in [4.78, 5) is 17.7. The molecule has 0 radical (unpaired) electrons. The third-order valence-electron chi connectivity index (χ3n) is 4.93. The summed E-state index contributed by atoms with van der Waals surface area (Å²) < 4.78 is 28.9. The number of amides is 1. The molecule has 0 aliphatic carbocycles. The summed E-state index contributed by atoms with van der Waals surface area (Å²) in [5.74, 6) is 0.360. The molecule has 2 N–H and O–H groups in total. The summed E-state index contributed by atoms with van der Waals surface area (Å²) in [5, 5.41) is 10.8. The monoisotopic (exact) mass is 438 g/mol. The highest BCUT2D eigenvalue weighted by Gasteiger charge is 2.32. The molecule has 2 aromatic carbocycles. The average molecular weight is 439 g/mol. The van der Waals surface area contributed by atoms with E-state index in [2.05, 4.69) is 25.2 Å². The lowest BCUT2D eigenvalue weighted by Crippen LogP contribution is -2.34. The van der Waals surface area contributed by atoms with E-state index < -0.39 is 16.1 Å². The zero-order valence-electron chi connectivity index (χ0n) is 17.3. The second-order valence-electron chi connectivity index (χ2n) is 7.60. The van der Waals surface area contributed by atoms with Crippen molar-refractivity contribution < 1.29 is 13.2 Å². The van der Waals surface area contributed by atoms with Gasteiger partial charge in [0.15, 0.2) is 5.82 Å². The Hall–Kier alpha value is -3.53. The molecule has 0 saturated carbocycles. The number of aryl methyl sites for hydroxylation is 1. The van der Waals surface area contributed by atoms with Gasteiger partial charge in [0.25, 0.3) is 10.0 Å². The molecule has 10 heteroatoms. The zero-order chi connectivity index (χ0) is 22.2. The van der Waals surface area contributed by atoms with E-state index in [9.17, 15) is 13.2 Å². The van der Waals surface area contributed by atoms with Gasteiger partial charge in [-0.25, -0.2) is 8.42 Å². The quantitative estimate of drug-likeness (QED) is 0.633. The number of hydrogen-bond acceptors (Lipinski definition) is 6. The average Bonchev–Trinajstić information content (AvgIpc) is 3.27. The Morgan fingerprint density at radius 2 is 1.94 bits per heavy atom. The Bertz CT molecular complexity index is 1280. The van der Waals surface area contributed by atoms with Crippen LogP contribution in [0.1, 0.15) is 19.4 Å². The SMILES string of the molecule is CC(C)[C@H](N=C1NS(=O)(=O)c2ccccc21)C(=O)Nc1cccc(-c2nncn2C)c1. The highest BCUT2D eigenvalue weighted by Crippen LogP contribution is 2.24. The molecule has 4 rings (SSSR count). The first-order chi connectivity index (χ1) is 14.8. The Labute approximate surface area is 180 Å². The molecule has 0 saturated heterocycles. The van der Waals surface area contributed by atoms with Crippen LogP contribution < -0.4 is 10.0 Å². The molecule has 0 spiro atoms. The highest BCUT2D eigenvalue weighted by atomic mass is 32.2. The maximum atomic E-state index is 13.1. The van der Waals surface area contributed by atoms with E-state index in [1.54, 1.807) is 41.2 Å². The highest BCUT2D eigenvalue weighted by molar-refractivity contribution is 7.90. The zero-order valence-corrected chi connectivity index (χ0v) is 18.1. The van der Waals surface area contributed by atoms with Gasteiger partial charge in [-0.2, -0.15) is 0 Å². The number of sulfonamides is 1. The fraction of sp³-hybridized carbons (Fsp3) is 0.238. The number of amidine groups is 1. The van der Waals surface area contributed by atoms with E-state index in [1.165, 1.54) is 6.07 Å². The first-order valence-corrected chi connectivity index (χ1v) is 11.2. The van der Waals surface area contributed by atoms with Crippen LogP contribution in [0.2, 0.25) is 0 Å². The van der Waals surface area contributed by atoms with Gasteiger partial charge in [0, 0.05) is 23.9 Å². The van der Waals surface area contributed by atoms with Gasteiger partial charge in [-0.1, -0.05) is 38.1 Å². The molecule has 0 fully saturated rings. The van der Waals surface area contributed by atoms with Gasteiger partial charge >= 0.3 is 0 Å². The number of aliphatic imine (C=N–C) groups is 1. The molecule has 160 valence electrons. The van der Waals surface area contributed by atoms with Crippen molar-refractivity contribution in [1.82, 2.24) is 19.5 Å². The molecule has 1 aliphatic heterocycles. The first-order valence-electron chi connectivity index (χ1n) is 9.71. The van der Waals surface area contributed by atoms with Crippen molar-refractivity contribution in [3.8, 4) is 11.4 Å². The number of anilines is 1. The largest absolute Gasteiger partial charge is 0.324 e. The van der Waals surface area contributed by atoms with Crippen LogP contribution in [-0.2, 0) is 21.9 Å². The van der Waals surface area contributed by atoms with Crippen LogP contribution >= 0.6 is 0 Å². The normalized spacial score (nSPS) is 16.7. The van der Waals surface area contributed by atoms with Gasteiger partial charge in [-0.3, -0.25) is 14.5 Å². The van der Waals surface area contributed by atoms with E-state index >= 15 is 0 Å². The molecule has 0 bridgehead atoms. The van der Waals surface area contributed by atoms with Crippen LogP contribution in [0.3, 0.4) is 0 Å². The van der Waals surface area contributed by atoms with E-state index in [4.69, 9.17) is 0 Å². The van der Waals surface area contributed by atoms with Gasteiger partial charge in [0.05, 0.1) is 4.90 Å². The van der Waals surface area contributed by atoms with E-state index in [0.29, 0.717) is 17.1 Å². The van der Waals surface area contributed by atoms with Crippen LogP contribution in [0.4, 0.5) is 5.69 Å². The van der Waals surface area contributed by atoms with E-state index in [0.717, 1.165) is 5.56 Å². The maximum absolute atomic E-state index is 13.1. The number of nitrogens with zero attached hydrogens (tertiary/aromatic N) is 4. The summed E-state index contributed by atoms with van der Waals surface area (Å²) in [6, 6.07) is 13.1. The van der Waals surface area contributed by atoms with Crippen LogP contribution in [0, 0.1) is 5.92 Å². The topological polar surface area (TPSA) is 118 Å². The molecule has 1 amide bonds. The molecule has 2 heterocycles. The third kappa shape index (κ3) is 4.06. The van der Waals surface area contributed by atoms with Crippen LogP contribution in [0.15, 0.2) is 64.7 Å². The number of carbonyl (C=O) groups is 1. The molecule has 3 aromatic rings. The Morgan fingerprint density at radius 3 is 2.65 bits per heavy atom. The molecular weight excluding hydrogens is 416 g/mol. The third-order valence-corrected chi connectivity index (χ3v) is 6.33. The fourth-order valence-corrected chi connectivity index (χ4v) is 4.62. The van der Waals surface area contributed by atoms with Crippen molar-refractivity contribution in [3.63, 3.8) is 0 Å². The van der Waals surface area contributed by atoms with Crippen LogP contribution in [0.5, 0.6) is 0 Å².